The van der Waals surface area contributed by atoms with Gasteiger partial charge in [0.25, 0.3) is 0 Å². The van der Waals surface area contributed by atoms with Crippen molar-refractivity contribution in [3.63, 3.8) is 0 Å². The first-order valence-corrected chi connectivity index (χ1v) is 8.10. The predicted octanol–water partition coefficient (Wildman–Crippen LogP) is 4.77. The third-order valence-electron chi connectivity index (χ3n) is 3.43. The van der Waals surface area contributed by atoms with E-state index in [2.05, 4.69) is 10.6 Å². The van der Waals surface area contributed by atoms with Crippen LogP contribution in [0.1, 0.15) is 18.1 Å². The summed E-state index contributed by atoms with van der Waals surface area (Å²) in [4.78, 5) is 0. The summed E-state index contributed by atoms with van der Waals surface area (Å²) in [7, 11) is 0. The fraction of sp³-hybridized carbons (Fsp3) is 0.278. The molecule has 0 aliphatic heterocycles. The van der Waals surface area contributed by atoms with Gasteiger partial charge >= 0.3 is 6.18 Å². The Labute approximate surface area is 150 Å². The Bertz CT molecular complexity index is 717. The number of aryl methyl sites for hydroxylation is 1. The Morgan fingerprint density at radius 3 is 2.36 bits per heavy atom. The molecule has 0 aromatic heterocycles. The maximum atomic E-state index is 12.5. The van der Waals surface area contributed by atoms with Crippen LogP contribution in [0.5, 0.6) is 5.75 Å². The van der Waals surface area contributed by atoms with Crippen molar-refractivity contribution in [2.45, 2.75) is 26.1 Å². The van der Waals surface area contributed by atoms with E-state index in [9.17, 15) is 13.2 Å². The molecule has 25 heavy (non-hydrogen) atoms. The van der Waals surface area contributed by atoms with Crippen LogP contribution in [0.3, 0.4) is 0 Å². The zero-order valence-electron chi connectivity index (χ0n) is 13.9. The number of halogens is 3. The summed E-state index contributed by atoms with van der Waals surface area (Å²) in [5.74, 6) is 0.803. The van der Waals surface area contributed by atoms with Crippen LogP contribution in [0.2, 0.25) is 0 Å². The molecular formula is C18H19F3N2OS. The molecule has 7 heteroatoms. The first-order valence-electron chi connectivity index (χ1n) is 7.69. The lowest BCUT2D eigenvalue weighted by Crippen LogP contribution is -2.39. The highest BCUT2D eigenvalue weighted by atomic mass is 32.1. The lowest BCUT2D eigenvalue weighted by molar-refractivity contribution is -0.137. The van der Waals surface area contributed by atoms with Crippen molar-refractivity contribution >= 4 is 23.0 Å². The second kappa shape index (κ2) is 8.20. The molecule has 2 aromatic rings. The van der Waals surface area contributed by atoms with E-state index in [1.54, 1.807) is 0 Å². The van der Waals surface area contributed by atoms with Gasteiger partial charge in [0.2, 0.25) is 0 Å². The SMILES string of the molecule is Cc1ccccc1OC[C@H](C)NC(=S)Nc1ccc(C(F)(F)F)cc1. The smallest absolute Gasteiger partial charge is 0.416 e. The Kier molecular flexibility index (Phi) is 6.25. The van der Waals surface area contributed by atoms with E-state index in [-0.39, 0.29) is 6.04 Å². The Morgan fingerprint density at radius 2 is 1.76 bits per heavy atom. The molecule has 2 N–H and O–H groups in total. The second-order valence-electron chi connectivity index (χ2n) is 5.65. The lowest BCUT2D eigenvalue weighted by atomic mass is 10.2. The highest BCUT2D eigenvalue weighted by Gasteiger charge is 2.29. The van der Waals surface area contributed by atoms with E-state index in [1.165, 1.54) is 12.1 Å². The Hall–Kier alpha value is -2.28. The van der Waals surface area contributed by atoms with Crippen LogP contribution in [0.25, 0.3) is 0 Å². The number of thiocarbonyl (C=S) groups is 1. The minimum absolute atomic E-state index is 0.0749. The fourth-order valence-electron chi connectivity index (χ4n) is 2.11. The van der Waals surface area contributed by atoms with E-state index in [1.807, 2.05) is 38.1 Å². The van der Waals surface area contributed by atoms with Crippen LogP contribution < -0.4 is 15.4 Å². The molecule has 0 fully saturated rings. The number of hydrogen-bond donors (Lipinski definition) is 2. The van der Waals surface area contributed by atoms with Gasteiger partial charge in [0.15, 0.2) is 5.11 Å². The van der Waals surface area contributed by atoms with E-state index in [0.29, 0.717) is 17.4 Å². The average Bonchev–Trinajstić information content (AvgIpc) is 2.53. The Balaban J connectivity index is 1.82. The van der Waals surface area contributed by atoms with Crippen molar-refractivity contribution in [2.24, 2.45) is 0 Å². The summed E-state index contributed by atoms with van der Waals surface area (Å²) in [5, 5.41) is 6.21. The summed E-state index contributed by atoms with van der Waals surface area (Å²) >= 11 is 5.18. The molecule has 0 heterocycles. The van der Waals surface area contributed by atoms with Gasteiger partial charge in [-0.3, -0.25) is 0 Å². The number of alkyl halides is 3. The fourth-order valence-corrected chi connectivity index (χ4v) is 2.43. The van der Waals surface area contributed by atoms with Crippen LogP contribution in [-0.4, -0.2) is 17.8 Å². The maximum absolute atomic E-state index is 12.5. The summed E-state index contributed by atoms with van der Waals surface area (Å²) in [6, 6.07) is 12.3. The molecule has 134 valence electrons. The average molecular weight is 368 g/mol. The molecule has 0 unspecified atom stereocenters. The van der Waals surface area contributed by atoms with Gasteiger partial charge < -0.3 is 15.4 Å². The van der Waals surface area contributed by atoms with E-state index >= 15 is 0 Å². The summed E-state index contributed by atoms with van der Waals surface area (Å²) < 4.78 is 43.3. The summed E-state index contributed by atoms with van der Waals surface area (Å²) in [6.07, 6.45) is -4.35. The first kappa shape index (κ1) is 19.1. The van der Waals surface area contributed by atoms with Gasteiger partial charge in [0.1, 0.15) is 12.4 Å². The number of hydrogen-bond acceptors (Lipinski definition) is 2. The number of rotatable bonds is 5. The van der Waals surface area contributed by atoms with Crippen molar-refractivity contribution in [3.8, 4) is 5.75 Å². The molecule has 2 rings (SSSR count). The number of ether oxygens (including phenoxy) is 1. The molecule has 1 atom stereocenters. The van der Waals surface area contributed by atoms with Crippen LogP contribution in [0.4, 0.5) is 18.9 Å². The second-order valence-corrected chi connectivity index (χ2v) is 6.06. The molecule has 0 bridgehead atoms. The van der Waals surface area contributed by atoms with Crippen LogP contribution in [0, 0.1) is 6.92 Å². The van der Waals surface area contributed by atoms with Gasteiger partial charge in [-0.2, -0.15) is 13.2 Å². The van der Waals surface area contributed by atoms with Crippen LogP contribution in [0.15, 0.2) is 48.5 Å². The summed E-state index contributed by atoms with van der Waals surface area (Å²) in [6.45, 7) is 4.27. The van der Waals surface area contributed by atoms with Crippen LogP contribution in [-0.2, 0) is 6.18 Å². The highest BCUT2D eigenvalue weighted by Crippen LogP contribution is 2.29. The molecule has 0 aliphatic rings. The van der Waals surface area contributed by atoms with E-state index in [4.69, 9.17) is 17.0 Å². The molecular weight excluding hydrogens is 349 g/mol. The largest absolute Gasteiger partial charge is 0.491 e. The van der Waals surface area contributed by atoms with Gasteiger partial charge in [-0.1, -0.05) is 18.2 Å². The molecule has 0 amide bonds. The Morgan fingerprint density at radius 1 is 1.12 bits per heavy atom. The quantitative estimate of drug-likeness (QED) is 0.745. The van der Waals surface area contributed by atoms with Crippen molar-refractivity contribution in [1.82, 2.24) is 5.32 Å². The lowest BCUT2D eigenvalue weighted by Gasteiger charge is -2.18. The third-order valence-corrected chi connectivity index (χ3v) is 3.65. The molecule has 3 nitrogen and oxygen atoms in total. The topological polar surface area (TPSA) is 33.3 Å². The van der Waals surface area contributed by atoms with Crippen molar-refractivity contribution in [3.05, 3.63) is 59.7 Å². The minimum Gasteiger partial charge on any atom is -0.491 e. The van der Waals surface area contributed by atoms with Crippen LogP contribution >= 0.6 is 12.2 Å². The van der Waals surface area contributed by atoms with Crippen molar-refractivity contribution in [1.29, 1.82) is 0 Å². The monoisotopic (exact) mass is 368 g/mol. The molecule has 0 saturated carbocycles. The number of para-hydroxylation sites is 1. The van der Waals surface area contributed by atoms with Crippen molar-refractivity contribution in [2.75, 3.05) is 11.9 Å². The molecule has 0 spiro atoms. The zero-order valence-corrected chi connectivity index (χ0v) is 14.7. The van der Waals surface area contributed by atoms with Crippen molar-refractivity contribution < 1.29 is 17.9 Å². The normalized spacial score (nSPS) is 12.4. The molecule has 0 radical (unpaired) electrons. The van der Waals surface area contributed by atoms with Gasteiger partial charge in [0.05, 0.1) is 11.6 Å². The third kappa shape index (κ3) is 5.94. The van der Waals surface area contributed by atoms with Gasteiger partial charge in [-0.05, 0) is 62.0 Å². The molecule has 2 aromatic carbocycles. The van der Waals surface area contributed by atoms with Gasteiger partial charge in [0, 0.05) is 5.69 Å². The number of nitrogens with one attached hydrogen (secondary N) is 2. The summed E-state index contributed by atoms with van der Waals surface area (Å²) in [5.41, 5.74) is 0.828. The zero-order chi connectivity index (χ0) is 18.4. The van der Waals surface area contributed by atoms with Gasteiger partial charge in [-0.25, -0.2) is 0 Å². The van der Waals surface area contributed by atoms with Gasteiger partial charge in [-0.15, -0.1) is 0 Å². The molecule has 0 saturated heterocycles. The standard InChI is InChI=1S/C18H19F3N2OS/c1-12-5-3-4-6-16(12)24-11-13(2)22-17(25)23-15-9-7-14(8-10-15)18(19,20)21/h3-10,13H,11H2,1-2H3,(H2,22,23,25)/t13-/m0/s1. The highest BCUT2D eigenvalue weighted by molar-refractivity contribution is 7.80. The predicted molar refractivity (Wildman–Crippen MR) is 96.9 cm³/mol. The number of anilines is 1. The minimum atomic E-state index is -4.35. The first-order chi connectivity index (χ1) is 11.8. The maximum Gasteiger partial charge on any atom is 0.416 e. The van der Waals surface area contributed by atoms with E-state index in [0.717, 1.165) is 23.4 Å². The molecule has 0 aliphatic carbocycles. The number of benzene rings is 2. The van der Waals surface area contributed by atoms with E-state index < -0.39 is 11.7 Å².